The lowest BCUT2D eigenvalue weighted by Gasteiger charge is -2.32. The quantitative estimate of drug-likeness (QED) is 0.301. The molecule has 0 radical (unpaired) electrons. The summed E-state index contributed by atoms with van der Waals surface area (Å²) in [6.07, 6.45) is 4.34. The van der Waals surface area contributed by atoms with Crippen LogP contribution in [0.5, 0.6) is 0 Å². The minimum absolute atomic E-state index is 0.247. The number of hydrogen-bond donors (Lipinski definition) is 0. The first kappa shape index (κ1) is 24.0. The molecule has 0 bridgehead atoms. The number of fused-ring (bicyclic) bond motifs is 1. The Bertz CT molecular complexity index is 869. The van der Waals surface area contributed by atoms with Crippen molar-refractivity contribution in [2.24, 2.45) is 5.92 Å². The van der Waals surface area contributed by atoms with Crippen LogP contribution in [0.25, 0.3) is 10.8 Å². The van der Waals surface area contributed by atoms with Crippen molar-refractivity contribution < 1.29 is 14.0 Å². The van der Waals surface area contributed by atoms with Crippen LogP contribution in [0.1, 0.15) is 72.8 Å². The number of hydrogen-bond acceptors (Lipinski definition) is 3. The molecule has 168 valence electrons. The second kappa shape index (κ2) is 10.3. The van der Waals surface area contributed by atoms with Gasteiger partial charge in [0.25, 0.3) is 0 Å². The smallest absolute Gasteiger partial charge is 0.400 e. The van der Waals surface area contributed by atoms with Gasteiger partial charge >= 0.3 is 7.12 Å². The van der Waals surface area contributed by atoms with Crippen LogP contribution in [-0.4, -0.2) is 24.9 Å². The van der Waals surface area contributed by atoms with Gasteiger partial charge in [-0.05, 0) is 81.7 Å². The minimum Gasteiger partial charge on any atom is -0.400 e. The highest BCUT2D eigenvalue weighted by molar-refractivity contribution is 6.51. The van der Waals surface area contributed by atoms with E-state index in [2.05, 4.69) is 90.0 Å². The molecule has 0 atom stereocenters. The molecule has 1 aliphatic heterocycles. The molecule has 0 amide bonds. The van der Waals surface area contributed by atoms with Crippen molar-refractivity contribution in [1.82, 2.24) is 0 Å². The first-order valence-corrected chi connectivity index (χ1v) is 11.8. The SMILES string of the molecule is CC(C)C/C(=C\B1OC(C)(C)C(C)(C)O1)CCCCOCc1ccc2ccccc2c1. The zero-order valence-electron chi connectivity index (χ0n) is 20.2. The van der Waals surface area contributed by atoms with Crippen LogP contribution in [0.3, 0.4) is 0 Å². The fourth-order valence-electron chi connectivity index (χ4n) is 4.00. The molecule has 0 spiro atoms. The standard InChI is InChI=1S/C27H39BO3/c1-21(2)17-22(19-28-30-26(3,4)27(5,6)31-28)11-9-10-16-29-20-23-14-15-24-12-7-8-13-25(24)18-23/h7-8,12-15,18-19,21H,9-11,16-17,20H2,1-6H3/b22-19-. The molecule has 0 N–H and O–H groups in total. The van der Waals surface area contributed by atoms with E-state index in [-0.39, 0.29) is 18.3 Å². The van der Waals surface area contributed by atoms with Gasteiger partial charge < -0.3 is 14.0 Å². The minimum atomic E-state index is -0.284. The molecule has 3 rings (SSSR count). The van der Waals surface area contributed by atoms with Crippen molar-refractivity contribution in [2.45, 2.75) is 85.0 Å². The zero-order valence-corrected chi connectivity index (χ0v) is 20.2. The largest absolute Gasteiger partial charge is 0.487 e. The molecule has 2 aromatic rings. The number of allylic oxidation sites excluding steroid dienone is 1. The van der Waals surface area contributed by atoms with E-state index in [9.17, 15) is 0 Å². The molecule has 31 heavy (non-hydrogen) atoms. The number of unbranched alkanes of at least 4 members (excludes halogenated alkanes) is 1. The van der Waals surface area contributed by atoms with Gasteiger partial charge in [0.15, 0.2) is 0 Å². The normalized spacial score (nSPS) is 18.3. The average molecular weight is 422 g/mol. The molecule has 4 heteroatoms. The molecular formula is C27H39BO3. The van der Waals surface area contributed by atoms with Crippen molar-refractivity contribution in [1.29, 1.82) is 0 Å². The summed E-state index contributed by atoms with van der Waals surface area (Å²) in [6, 6.07) is 15.0. The van der Waals surface area contributed by atoms with E-state index in [4.69, 9.17) is 14.0 Å². The van der Waals surface area contributed by atoms with Gasteiger partial charge in [0.1, 0.15) is 0 Å². The molecule has 0 aliphatic carbocycles. The van der Waals surface area contributed by atoms with Crippen LogP contribution in [0.4, 0.5) is 0 Å². The van der Waals surface area contributed by atoms with Gasteiger partial charge in [-0.25, -0.2) is 0 Å². The number of rotatable bonds is 10. The van der Waals surface area contributed by atoms with Gasteiger partial charge in [0.2, 0.25) is 0 Å². The van der Waals surface area contributed by atoms with Crippen LogP contribution >= 0.6 is 0 Å². The van der Waals surface area contributed by atoms with Crippen molar-refractivity contribution in [3.05, 3.63) is 59.6 Å². The predicted molar refractivity (Wildman–Crippen MR) is 131 cm³/mol. The van der Waals surface area contributed by atoms with Crippen molar-refractivity contribution in [2.75, 3.05) is 6.61 Å². The summed E-state index contributed by atoms with van der Waals surface area (Å²) in [6.45, 7) is 14.4. The monoisotopic (exact) mass is 422 g/mol. The van der Waals surface area contributed by atoms with Gasteiger partial charge in [-0.15, -0.1) is 0 Å². The van der Waals surface area contributed by atoms with Gasteiger partial charge in [-0.3, -0.25) is 0 Å². The summed E-state index contributed by atoms with van der Waals surface area (Å²) in [4.78, 5) is 0. The summed E-state index contributed by atoms with van der Waals surface area (Å²) in [7, 11) is -0.247. The lowest BCUT2D eigenvalue weighted by Crippen LogP contribution is -2.41. The predicted octanol–water partition coefficient (Wildman–Crippen LogP) is 7.13. The number of ether oxygens (including phenoxy) is 1. The van der Waals surface area contributed by atoms with Gasteiger partial charge in [-0.1, -0.05) is 61.8 Å². The maximum absolute atomic E-state index is 6.18. The van der Waals surface area contributed by atoms with Crippen LogP contribution in [0.2, 0.25) is 0 Å². The maximum atomic E-state index is 6.18. The zero-order chi connectivity index (χ0) is 22.5. The second-order valence-electron chi connectivity index (χ2n) is 10.2. The summed E-state index contributed by atoms with van der Waals surface area (Å²) >= 11 is 0. The Kier molecular flexibility index (Phi) is 8.01. The number of benzene rings is 2. The molecule has 1 heterocycles. The average Bonchev–Trinajstić information content (AvgIpc) is 2.89. The Morgan fingerprint density at radius 1 is 0.968 bits per heavy atom. The summed E-state index contributed by atoms with van der Waals surface area (Å²) in [5, 5.41) is 2.55. The topological polar surface area (TPSA) is 27.7 Å². The van der Waals surface area contributed by atoms with Crippen LogP contribution in [0.15, 0.2) is 54.0 Å². The first-order valence-electron chi connectivity index (χ1n) is 11.8. The Balaban J connectivity index is 1.44. The molecule has 0 unspecified atom stereocenters. The second-order valence-corrected chi connectivity index (χ2v) is 10.2. The Morgan fingerprint density at radius 3 is 2.32 bits per heavy atom. The van der Waals surface area contributed by atoms with E-state index in [1.165, 1.54) is 21.9 Å². The molecule has 0 saturated carbocycles. The molecule has 1 fully saturated rings. The molecule has 1 aliphatic rings. The van der Waals surface area contributed by atoms with E-state index in [0.717, 1.165) is 32.3 Å². The van der Waals surface area contributed by atoms with Gasteiger partial charge in [0, 0.05) is 6.61 Å². The van der Waals surface area contributed by atoms with Crippen molar-refractivity contribution in [3.63, 3.8) is 0 Å². The first-order chi connectivity index (χ1) is 14.7. The highest BCUT2D eigenvalue weighted by Gasteiger charge is 2.50. The Labute approximate surface area is 189 Å². The fourth-order valence-corrected chi connectivity index (χ4v) is 4.00. The van der Waals surface area contributed by atoms with Gasteiger partial charge in [0.05, 0.1) is 17.8 Å². The molecule has 0 aromatic heterocycles. The molecular weight excluding hydrogens is 383 g/mol. The van der Waals surface area contributed by atoms with Crippen LogP contribution in [-0.2, 0) is 20.7 Å². The lowest BCUT2D eigenvalue weighted by atomic mass is 9.83. The van der Waals surface area contributed by atoms with E-state index in [0.29, 0.717) is 12.5 Å². The summed E-state index contributed by atoms with van der Waals surface area (Å²) in [5.74, 6) is 2.84. The Hall–Kier alpha value is -1.62. The fraction of sp³-hybridized carbons (Fsp3) is 0.556. The van der Waals surface area contributed by atoms with E-state index in [1.54, 1.807) is 0 Å². The third-order valence-corrected chi connectivity index (χ3v) is 6.43. The third kappa shape index (κ3) is 6.68. The molecule has 2 aromatic carbocycles. The van der Waals surface area contributed by atoms with E-state index < -0.39 is 0 Å². The summed E-state index contributed by atoms with van der Waals surface area (Å²) < 4.78 is 18.3. The molecule has 1 saturated heterocycles. The maximum Gasteiger partial charge on any atom is 0.487 e. The summed E-state index contributed by atoms with van der Waals surface area (Å²) in [5.41, 5.74) is 2.10. The highest BCUT2D eigenvalue weighted by Crippen LogP contribution is 2.37. The Morgan fingerprint density at radius 2 is 1.65 bits per heavy atom. The molecule has 3 nitrogen and oxygen atoms in total. The van der Waals surface area contributed by atoms with E-state index in [1.807, 2.05) is 0 Å². The van der Waals surface area contributed by atoms with Crippen molar-refractivity contribution >= 4 is 17.9 Å². The van der Waals surface area contributed by atoms with Gasteiger partial charge in [-0.2, -0.15) is 0 Å². The van der Waals surface area contributed by atoms with Crippen molar-refractivity contribution in [3.8, 4) is 0 Å². The van der Waals surface area contributed by atoms with Crippen LogP contribution < -0.4 is 0 Å². The highest BCUT2D eigenvalue weighted by atomic mass is 16.7. The van der Waals surface area contributed by atoms with Crippen LogP contribution in [0, 0.1) is 5.92 Å². The third-order valence-electron chi connectivity index (χ3n) is 6.43. The lowest BCUT2D eigenvalue weighted by molar-refractivity contribution is 0.00578. The van der Waals surface area contributed by atoms with E-state index >= 15 is 0 Å².